The molecule has 2 heteroatoms. The zero-order valence-corrected chi connectivity index (χ0v) is 15.6. The molecule has 0 aliphatic heterocycles. The van der Waals surface area contributed by atoms with E-state index in [4.69, 9.17) is 0 Å². The van der Waals surface area contributed by atoms with Crippen LogP contribution in [0.5, 0.6) is 0 Å². The minimum Gasteiger partial charge on any atom is -0.412 e. The van der Waals surface area contributed by atoms with Crippen molar-refractivity contribution in [1.82, 2.24) is 0 Å². The molecular formula is C18H39OTi-. The summed E-state index contributed by atoms with van der Waals surface area (Å²) in [5.41, 5.74) is 0. The first-order valence-corrected chi connectivity index (χ1v) is 8.71. The van der Waals surface area contributed by atoms with Crippen molar-refractivity contribution in [3.8, 4) is 0 Å². The van der Waals surface area contributed by atoms with E-state index in [0.29, 0.717) is 0 Å². The minimum atomic E-state index is 0. The van der Waals surface area contributed by atoms with Gasteiger partial charge in [-0.05, 0) is 0 Å². The SMILES string of the molecule is O.[CH2-]CCCCCCCCCCCCCCCCC.[Ti]. The summed E-state index contributed by atoms with van der Waals surface area (Å²) in [6, 6.07) is 0. The fourth-order valence-corrected chi connectivity index (χ4v) is 2.55. The van der Waals surface area contributed by atoms with Crippen LogP contribution in [-0.4, -0.2) is 5.48 Å². The van der Waals surface area contributed by atoms with Gasteiger partial charge in [0.15, 0.2) is 0 Å². The first-order valence-electron chi connectivity index (χ1n) is 8.71. The average Bonchev–Trinajstić information content (AvgIpc) is 2.39. The van der Waals surface area contributed by atoms with Gasteiger partial charge in [-0.1, -0.05) is 103 Å². The summed E-state index contributed by atoms with van der Waals surface area (Å²) < 4.78 is 0. The Balaban J connectivity index is -0.00000144. The molecule has 0 rings (SSSR count). The van der Waals surface area contributed by atoms with E-state index in [9.17, 15) is 0 Å². The standard InChI is InChI=1S/C18H37.H2O.Ti/c1-3-5-7-9-11-13-15-17-18-16-14-12-10-8-6-4-2;;/h1,3-18H2,2H3;1H2;/q-1;;. The molecule has 122 valence electrons. The van der Waals surface area contributed by atoms with Crippen LogP contribution >= 0.6 is 0 Å². The topological polar surface area (TPSA) is 31.5 Å². The summed E-state index contributed by atoms with van der Waals surface area (Å²) >= 11 is 0. The smallest absolute Gasteiger partial charge is 0 e. The van der Waals surface area contributed by atoms with E-state index in [1.54, 1.807) is 0 Å². The maximum Gasteiger partial charge on any atom is 0 e. The Morgan fingerprint density at radius 2 is 0.750 bits per heavy atom. The third-order valence-corrected chi connectivity index (χ3v) is 3.85. The normalized spacial score (nSPS) is 9.90. The van der Waals surface area contributed by atoms with Gasteiger partial charge < -0.3 is 12.4 Å². The Labute approximate surface area is 143 Å². The van der Waals surface area contributed by atoms with Crippen LogP contribution in [0.1, 0.15) is 110 Å². The van der Waals surface area contributed by atoms with E-state index < -0.39 is 0 Å². The van der Waals surface area contributed by atoms with Gasteiger partial charge in [-0.15, -0.1) is 0 Å². The predicted molar refractivity (Wildman–Crippen MR) is 88.5 cm³/mol. The second kappa shape index (κ2) is 24.7. The molecule has 0 spiro atoms. The molecule has 0 aromatic heterocycles. The van der Waals surface area contributed by atoms with E-state index in [0.717, 1.165) is 6.42 Å². The molecule has 0 fully saturated rings. The Bertz CT molecular complexity index is 123. The summed E-state index contributed by atoms with van der Waals surface area (Å²) in [4.78, 5) is 0. The maximum atomic E-state index is 3.88. The van der Waals surface area contributed by atoms with Crippen LogP contribution in [0.3, 0.4) is 0 Å². The van der Waals surface area contributed by atoms with E-state index in [1.807, 2.05) is 0 Å². The monoisotopic (exact) mass is 319 g/mol. The van der Waals surface area contributed by atoms with E-state index in [-0.39, 0.29) is 27.2 Å². The van der Waals surface area contributed by atoms with Gasteiger partial charge in [-0.2, -0.15) is 6.42 Å². The number of unbranched alkanes of at least 4 members (excludes halogenated alkanes) is 15. The van der Waals surface area contributed by atoms with E-state index in [1.165, 1.54) is 96.3 Å². The molecule has 0 aliphatic carbocycles. The van der Waals surface area contributed by atoms with Gasteiger partial charge in [0, 0.05) is 21.7 Å². The second-order valence-electron chi connectivity index (χ2n) is 5.80. The molecule has 2 N–H and O–H groups in total. The van der Waals surface area contributed by atoms with Crippen molar-refractivity contribution in [2.45, 2.75) is 110 Å². The first-order chi connectivity index (χ1) is 8.91. The number of rotatable bonds is 15. The van der Waals surface area contributed by atoms with Gasteiger partial charge in [-0.3, -0.25) is 0 Å². The second-order valence-corrected chi connectivity index (χ2v) is 5.80. The van der Waals surface area contributed by atoms with Crippen molar-refractivity contribution in [2.24, 2.45) is 0 Å². The van der Waals surface area contributed by atoms with Crippen LogP contribution in [0, 0.1) is 6.92 Å². The van der Waals surface area contributed by atoms with Crippen molar-refractivity contribution in [3.63, 3.8) is 0 Å². The summed E-state index contributed by atoms with van der Waals surface area (Å²) in [6.45, 7) is 6.18. The van der Waals surface area contributed by atoms with Crippen LogP contribution in [0.2, 0.25) is 0 Å². The van der Waals surface area contributed by atoms with Crippen LogP contribution in [0.25, 0.3) is 0 Å². The first kappa shape index (κ1) is 25.6. The van der Waals surface area contributed by atoms with Crippen molar-refractivity contribution in [2.75, 3.05) is 0 Å². The third kappa shape index (κ3) is 23.7. The van der Waals surface area contributed by atoms with Crippen molar-refractivity contribution < 1.29 is 27.2 Å². The molecule has 0 amide bonds. The quantitative estimate of drug-likeness (QED) is 0.194. The van der Waals surface area contributed by atoms with Crippen LogP contribution in [0.4, 0.5) is 0 Å². The molecule has 0 heterocycles. The molecule has 0 unspecified atom stereocenters. The molecule has 0 aromatic carbocycles. The summed E-state index contributed by atoms with van der Waals surface area (Å²) in [5.74, 6) is 0. The Morgan fingerprint density at radius 1 is 0.500 bits per heavy atom. The molecule has 0 aromatic rings. The molecule has 1 nitrogen and oxygen atoms in total. The van der Waals surface area contributed by atoms with Crippen LogP contribution in [0.15, 0.2) is 0 Å². The molecule has 0 atom stereocenters. The molecule has 0 radical (unpaired) electrons. The molecule has 0 saturated heterocycles. The zero-order valence-electron chi connectivity index (χ0n) is 14.0. The van der Waals surface area contributed by atoms with Gasteiger partial charge in [0.25, 0.3) is 0 Å². The Morgan fingerprint density at radius 3 is 1.00 bits per heavy atom. The minimum absolute atomic E-state index is 0. The molecular weight excluding hydrogens is 280 g/mol. The van der Waals surface area contributed by atoms with Gasteiger partial charge in [-0.25, -0.2) is 0 Å². The molecule has 0 saturated carbocycles. The van der Waals surface area contributed by atoms with Gasteiger partial charge in [0.05, 0.1) is 0 Å². The molecule has 20 heavy (non-hydrogen) atoms. The fraction of sp³-hybridized carbons (Fsp3) is 0.944. The Hall–Kier alpha value is 0.674. The van der Waals surface area contributed by atoms with Gasteiger partial charge in [0.1, 0.15) is 0 Å². The summed E-state index contributed by atoms with van der Waals surface area (Å²) in [7, 11) is 0. The molecule has 0 bridgehead atoms. The van der Waals surface area contributed by atoms with Crippen molar-refractivity contribution >= 4 is 0 Å². The summed E-state index contributed by atoms with van der Waals surface area (Å²) in [5, 5.41) is 0. The van der Waals surface area contributed by atoms with Crippen molar-refractivity contribution in [3.05, 3.63) is 6.92 Å². The average molecular weight is 319 g/mol. The van der Waals surface area contributed by atoms with Gasteiger partial charge >= 0.3 is 0 Å². The largest absolute Gasteiger partial charge is 0.412 e. The number of hydrogen-bond donors (Lipinski definition) is 0. The Kier molecular flexibility index (Phi) is 31.6. The molecule has 0 aliphatic rings. The zero-order chi connectivity index (χ0) is 13.3. The van der Waals surface area contributed by atoms with Crippen molar-refractivity contribution in [1.29, 1.82) is 0 Å². The van der Waals surface area contributed by atoms with Gasteiger partial charge in [0.2, 0.25) is 0 Å². The maximum absolute atomic E-state index is 3.88. The van der Waals surface area contributed by atoms with E-state index >= 15 is 0 Å². The van der Waals surface area contributed by atoms with Crippen LogP contribution < -0.4 is 0 Å². The third-order valence-electron chi connectivity index (χ3n) is 3.85. The van der Waals surface area contributed by atoms with E-state index in [2.05, 4.69) is 13.8 Å². The number of hydrogen-bond acceptors (Lipinski definition) is 0. The summed E-state index contributed by atoms with van der Waals surface area (Å²) in [6.07, 6.45) is 22.8. The fourth-order valence-electron chi connectivity index (χ4n) is 2.55. The van der Waals surface area contributed by atoms with Crippen LogP contribution in [-0.2, 0) is 21.7 Å². The predicted octanol–water partition coefficient (Wildman–Crippen LogP) is 6.25.